The number of hydrogen-bond donors (Lipinski definition) is 2. The molecule has 0 unspecified atom stereocenters. The van der Waals surface area contributed by atoms with Gasteiger partial charge in [-0.3, -0.25) is 9.59 Å². The highest BCUT2D eigenvalue weighted by Crippen LogP contribution is 2.16. The standard InChI is InChI=1S/C20H25N5O2/c1-2-19(26)22-16-9-4-3-8-15(16)14-20(27)21-12-7-11-18-24-23-17-10-5-6-13-25(17)18/h2-4,8-9H,1,5-7,10-14H2,(H,21,27)(H,22,26). The van der Waals surface area contributed by atoms with Crippen molar-refractivity contribution < 1.29 is 9.59 Å². The Morgan fingerprint density at radius 1 is 1.22 bits per heavy atom. The minimum Gasteiger partial charge on any atom is -0.356 e. The van der Waals surface area contributed by atoms with Crippen LogP contribution in [-0.2, 0) is 35.4 Å². The highest BCUT2D eigenvalue weighted by atomic mass is 16.2. The summed E-state index contributed by atoms with van der Waals surface area (Å²) in [5.74, 6) is 1.73. The number of aromatic nitrogens is 3. The average Bonchev–Trinajstić information content (AvgIpc) is 3.10. The molecule has 0 fully saturated rings. The summed E-state index contributed by atoms with van der Waals surface area (Å²) >= 11 is 0. The van der Waals surface area contributed by atoms with E-state index in [2.05, 4.69) is 32.0 Å². The van der Waals surface area contributed by atoms with Crippen molar-refractivity contribution in [3.05, 3.63) is 54.1 Å². The Labute approximate surface area is 158 Å². The number of nitrogens with one attached hydrogen (secondary N) is 2. The Balaban J connectivity index is 1.46. The summed E-state index contributed by atoms with van der Waals surface area (Å²) < 4.78 is 2.21. The summed E-state index contributed by atoms with van der Waals surface area (Å²) in [4.78, 5) is 23.7. The van der Waals surface area contributed by atoms with Crippen molar-refractivity contribution in [2.24, 2.45) is 0 Å². The van der Waals surface area contributed by atoms with Crippen LogP contribution in [0.2, 0.25) is 0 Å². The summed E-state index contributed by atoms with van der Waals surface area (Å²) in [5, 5.41) is 14.2. The number of amides is 2. The summed E-state index contributed by atoms with van der Waals surface area (Å²) in [6.07, 6.45) is 6.41. The van der Waals surface area contributed by atoms with Gasteiger partial charge in [-0.25, -0.2) is 0 Å². The van der Waals surface area contributed by atoms with E-state index in [4.69, 9.17) is 0 Å². The van der Waals surface area contributed by atoms with Crippen molar-refractivity contribution in [3.63, 3.8) is 0 Å². The van der Waals surface area contributed by atoms with E-state index >= 15 is 0 Å². The van der Waals surface area contributed by atoms with Crippen molar-refractivity contribution in [1.29, 1.82) is 0 Å². The predicted octanol–water partition coefficient (Wildman–Crippen LogP) is 2.03. The minimum atomic E-state index is -0.292. The molecular weight excluding hydrogens is 342 g/mol. The number of para-hydroxylation sites is 1. The van der Waals surface area contributed by atoms with Gasteiger partial charge in [0.15, 0.2) is 0 Å². The number of anilines is 1. The third-order valence-corrected chi connectivity index (χ3v) is 4.65. The number of hydrogen-bond acceptors (Lipinski definition) is 4. The first kappa shape index (κ1) is 18.8. The zero-order valence-corrected chi connectivity index (χ0v) is 15.4. The van der Waals surface area contributed by atoms with Crippen molar-refractivity contribution in [2.75, 3.05) is 11.9 Å². The van der Waals surface area contributed by atoms with Crippen LogP contribution in [0.1, 0.15) is 36.5 Å². The zero-order chi connectivity index (χ0) is 19.1. The molecule has 1 aromatic heterocycles. The van der Waals surface area contributed by atoms with Crippen LogP contribution in [0.4, 0.5) is 5.69 Å². The minimum absolute atomic E-state index is 0.0708. The van der Waals surface area contributed by atoms with Crippen LogP contribution in [-0.4, -0.2) is 33.1 Å². The molecule has 3 rings (SSSR count). The van der Waals surface area contributed by atoms with E-state index in [-0.39, 0.29) is 18.2 Å². The largest absolute Gasteiger partial charge is 0.356 e. The molecule has 27 heavy (non-hydrogen) atoms. The van der Waals surface area contributed by atoms with Gasteiger partial charge >= 0.3 is 0 Å². The van der Waals surface area contributed by atoms with Crippen LogP contribution in [0.25, 0.3) is 0 Å². The molecule has 2 N–H and O–H groups in total. The molecule has 0 saturated heterocycles. The third kappa shape index (κ3) is 5.03. The first-order chi connectivity index (χ1) is 13.2. The summed E-state index contributed by atoms with van der Waals surface area (Å²) in [7, 11) is 0. The number of carbonyl (C=O) groups is 2. The fourth-order valence-electron chi connectivity index (χ4n) is 3.24. The molecule has 2 aromatic rings. The SMILES string of the molecule is C=CC(=O)Nc1ccccc1CC(=O)NCCCc1nnc2n1CCCC2. The number of carbonyl (C=O) groups excluding carboxylic acids is 2. The second-order valence-electron chi connectivity index (χ2n) is 6.62. The number of rotatable bonds is 8. The van der Waals surface area contributed by atoms with E-state index in [1.54, 1.807) is 6.07 Å². The van der Waals surface area contributed by atoms with Crippen molar-refractivity contribution >= 4 is 17.5 Å². The normalized spacial score (nSPS) is 12.9. The van der Waals surface area contributed by atoms with Crippen molar-refractivity contribution in [1.82, 2.24) is 20.1 Å². The molecule has 1 aliphatic rings. The summed E-state index contributed by atoms with van der Waals surface area (Å²) in [6, 6.07) is 7.28. The summed E-state index contributed by atoms with van der Waals surface area (Å²) in [5.41, 5.74) is 1.41. The van der Waals surface area contributed by atoms with Gasteiger partial charge in [0.05, 0.1) is 6.42 Å². The second kappa shape index (κ2) is 9.12. The Kier molecular flexibility index (Phi) is 6.35. The molecule has 0 spiro atoms. The van der Waals surface area contributed by atoms with Gasteiger partial charge in [0.1, 0.15) is 11.6 Å². The van der Waals surface area contributed by atoms with Crippen LogP contribution in [0.5, 0.6) is 0 Å². The maximum atomic E-state index is 12.2. The number of benzene rings is 1. The van der Waals surface area contributed by atoms with Gasteiger partial charge in [-0.05, 0) is 37.0 Å². The number of aryl methyl sites for hydroxylation is 2. The van der Waals surface area contributed by atoms with Gasteiger partial charge in [-0.1, -0.05) is 24.8 Å². The lowest BCUT2D eigenvalue weighted by Gasteiger charge is -2.14. The summed E-state index contributed by atoms with van der Waals surface area (Å²) in [6.45, 7) is 5.03. The second-order valence-corrected chi connectivity index (χ2v) is 6.62. The molecule has 0 atom stereocenters. The van der Waals surface area contributed by atoms with E-state index in [0.29, 0.717) is 12.2 Å². The van der Waals surface area contributed by atoms with Crippen LogP contribution in [0, 0.1) is 0 Å². The molecule has 7 nitrogen and oxygen atoms in total. The Morgan fingerprint density at radius 3 is 2.93 bits per heavy atom. The fraction of sp³-hybridized carbons (Fsp3) is 0.400. The molecule has 0 radical (unpaired) electrons. The lowest BCUT2D eigenvalue weighted by Crippen LogP contribution is -2.27. The average molecular weight is 367 g/mol. The molecule has 7 heteroatoms. The van der Waals surface area contributed by atoms with Gasteiger partial charge in [0.2, 0.25) is 11.8 Å². The molecular formula is C20H25N5O2. The van der Waals surface area contributed by atoms with Crippen LogP contribution in [0.3, 0.4) is 0 Å². The van der Waals surface area contributed by atoms with Crippen LogP contribution in [0.15, 0.2) is 36.9 Å². The van der Waals surface area contributed by atoms with Crippen LogP contribution >= 0.6 is 0 Å². The van der Waals surface area contributed by atoms with E-state index in [0.717, 1.165) is 43.0 Å². The molecule has 142 valence electrons. The van der Waals surface area contributed by atoms with E-state index in [1.165, 1.54) is 18.9 Å². The zero-order valence-electron chi connectivity index (χ0n) is 15.4. The third-order valence-electron chi connectivity index (χ3n) is 4.65. The van der Waals surface area contributed by atoms with E-state index in [1.807, 2.05) is 18.2 Å². The monoisotopic (exact) mass is 367 g/mol. The number of nitrogens with zero attached hydrogens (tertiary/aromatic N) is 3. The van der Waals surface area contributed by atoms with Gasteiger partial charge in [0, 0.05) is 31.6 Å². The van der Waals surface area contributed by atoms with Crippen molar-refractivity contribution in [3.8, 4) is 0 Å². The lowest BCUT2D eigenvalue weighted by molar-refractivity contribution is -0.120. The molecule has 0 bridgehead atoms. The van der Waals surface area contributed by atoms with Gasteiger partial charge in [-0.2, -0.15) is 0 Å². The Morgan fingerprint density at radius 2 is 2.07 bits per heavy atom. The fourth-order valence-corrected chi connectivity index (χ4v) is 3.24. The molecule has 0 aliphatic carbocycles. The maximum Gasteiger partial charge on any atom is 0.247 e. The topological polar surface area (TPSA) is 88.9 Å². The smallest absolute Gasteiger partial charge is 0.247 e. The molecule has 2 heterocycles. The Hall–Kier alpha value is -2.96. The quantitative estimate of drug-likeness (QED) is 0.552. The van der Waals surface area contributed by atoms with Gasteiger partial charge < -0.3 is 15.2 Å². The van der Waals surface area contributed by atoms with Gasteiger partial charge in [-0.15, -0.1) is 10.2 Å². The van der Waals surface area contributed by atoms with Crippen LogP contribution < -0.4 is 10.6 Å². The van der Waals surface area contributed by atoms with Gasteiger partial charge in [0.25, 0.3) is 0 Å². The first-order valence-electron chi connectivity index (χ1n) is 9.36. The maximum absolute atomic E-state index is 12.2. The highest BCUT2D eigenvalue weighted by Gasteiger charge is 2.15. The first-order valence-corrected chi connectivity index (χ1v) is 9.36. The molecule has 1 aromatic carbocycles. The highest BCUT2D eigenvalue weighted by molar-refractivity contribution is 5.99. The predicted molar refractivity (Wildman–Crippen MR) is 103 cm³/mol. The van der Waals surface area contributed by atoms with Crippen molar-refractivity contribution in [2.45, 2.75) is 45.1 Å². The molecule has 2 amide bonds. The van der Waals surface area contributed by atoms with E-state index in [9.17, 15) is 9.59 Å². The molecule has 0 saturated carbocycles. The molecule has 1 aliphatic heterocycles. The number of fused-ring (bicyclic) bond motifs is 1. The lowest BCUT2D eigenvalue weighted by atomic mass is 10.1. The Bertz CT molecular complexity index is 828. The van der Waals surface area contributed by atoms with E-state index < -0.39 is 0 Å².